The number of amides is 1. The number of nitrogens with zero attached hydrogens (tertiary/aromatic N) is 3. The van der Waals surface area contributed by atoms with Gasteiger partial charge < -0.3 is 10.2 Å². The Bertz CT molecular complexity index is 1050. The molecule has 3 heterocycles. The molecule has 0 aromatic carbocycles. The van der Waals surface area contributed by atoms with Gasteiger partial charge in [0.1, 0.15) is 0 Å². The van der Waals surface area contributed by atoms with Crippen molar-refractivity contribution in [3.05, 3.63) is 38.2 Å². The molecule has 0 spiro atoms. The summed E-state index contributed by atoms with van der Waals surface area (Å²) in [5.41, 5.74) is 0.486. The third-order valence-corrected chi connectivity index (χ3v) is 5.50. The smallest absolute Gasteiger partial charge is 0.330 e. The lowest BCUT2D eigenvalue weighted by atomic mass is 10.1. The Morgan fingerprint density at radius 2 is 1.97 bits per heavy atom. The molecule has 0 bridgehead atoms. The minimum Gasteiger partial charge on any atom is -0.333 e. The second-order valence-corrected chi connectivity index (χ2v) is 8.38. The average molecular weight is 458 g/mol. The minimum absolute atomic E-state index is 0. The van der Waals surface area contributed by atoms with Crippen LogP contribution < -0.4 is 16.6 Å². The van der Waals surface area contributed by atoms with Gasteiger partial charge in [0.15, 0.2) is 5.65 Å². The maximum Gasteiger partial charge on any atom is 0.330 e. The molecule has 4 rings (SSSR count). The number of piperazine rings is 1. The Morgan fingerprint density at radius 1 is 1.27 bits per heavy atom. The van der Waals surface area contributed by atoms with Gasteiger partial charge in [0.25, 0.3) is 11.5 Å². The highest BCUT2D eigenvalue weighted by molar-refractivity contribution is 6.05. The molecule has 2 aliphatic rings. The molecule has 2 N–H and O–H groups in total. The van der Waals surface area contributed by atoms with E-state index >= 15 is 0 Å². The molecule has 1 aliphatic carbocycles. The van der Waals surface area contributed by atoms with E-state index in [0.29, 0.717) is 30.2 Å². The normalized spacial score (nSPS) is 18.8. The van der Waals surface area contributed by atoms with Gasteiger partial charge in [-0.3, -0.25) is 19.1 Å². The fraction of sp³-hybridized carbons (Fsp3) is 0.600. The zero-order valence-electron chi connectivity index (χ0n) is 17.4. The summed E-state index contributed by atoms with van der Waals surface area (Å²) in [6.45, 7) is 8.47. The Balaban J connectivity index is 0.00000160. The predicted octanol–water partition coefficient (Wildman–Crippen LogP) is 1.90. The number of nitrogens with one attached hydrogen (secondary N) is 2. The number of pyridine rings is 1. The summed E-state index contributed by atoms with van der Waals surface area (Å²) in [7, 11) is 0. The van der Waals surface area contributed by atoms with Crippen LogP contribution in [0.3, 0.4) is 0 Å². The summed E-state index contributed by atoms with van der Waals surface area (Å²) < 4.78 is 1.51. The molecule has 2 fully saturated rings. The molecule has 1 saturated heterocycles. The highest BCUT2D eigenvalue weighted by Gasteiger charge is 2.31. The number of carbonyl (C=O) groups excluding carboxylic acids is 1. The van der Waals surface area contributed by atoms with Gasteiger partial charge >= 0.3 is 5.69 Å². The number of aromatic amines is 1. The zero-order valence-corrected chi connectivity index (χ0v) is 19.1. The van der Waals surface area contributed by atoms with E-state index in [1.165, 1.54) is 4.57 Å². The molecular weight excluding hydrogens is 429 g/mol. The van der Waals surface area contributed by atoms with Gasteiger partial charge in [-0.2, -0.15) is 0 Å². The second kappa shape index (κ2) is 9.49. The molecule has 10 heteroatoms. The van der Waals surface area contributed by atoms with Gasteiger partial charge in [0.2, 0.25) is 0 Å². The molecule has 1 unspecified atom stereocenters. The molecule has 1 aliphatic heterocycles. The SMILES string of the molecule is CC(C)Cn1c(=O)[nH]c(=O)c2c(C(=O)N3CCNCC3C)cc(C3CC3)nc21.Cl.Cl. The topological polar surface area (TPSA) is 100 Å². The molecule has 2 aromatic heterocycles. The summed E-state index contributed by atoms with van der Waals surface area (Å²) >= 11 is 0. The van der Waals surface area contributed by atoms with Crippen LogP contribution in [-0.2, 0) is 6.54 Å². The van der Waals surface area contributed by atoms with Crippen LogP contribution in [0.5, 0.6) is 0 Å². The third kappa shape index (κ3) is 4.55. The molecule has 0 radical (unpaired) electrons. The van der Waals surface area contributed by atoms with Gasteiger partial charge in [0, 0.05) is 43.8 Å². The van der Waals surface area contributed by atoms with Crippen LogP contribution in [0.25, 0.3) is 11.0 Å². The van der Waals surface area contributed by atoms with Crippen molar-refractivity contribution in [2.45, 2.75) is 52.1 Å². The maximum absolute atomic E-state index is 13.4. The first-order valence-electron chi connectivity index (χ1n) is 10.1. The van der Waals surface area contributed by atoms with E-state index in [0.717, 1.165) is 31.6 Å². The first-order valence-corrected chi connectivity index (χ1v) is 10.1. The van der Waals surface area contributed by atoms with Crippen molar-refractivity contribution in [1.82, 2.24) is 24.8 Å². The largest absolute Gasteiger partial charge is 0.333 e. The Hall–Kier alpha value is -1.90. The van der Waals surface area contributed by atoms with E-state index in [1.807, 2.05) is 20.8 Å². The van der Waals surface area contributed by atoms with Gasteiger partial charge in [-0.1, -0.05) is 13.8 Å². The van der Waals surface area contributed by atoms with E-state index in [1.54, 1.807) is 11.0 Å². The molecule has 30 heavy (non-hydrogen) atoms. The van der Waals surface area contributed by atoms with E-state index in [4.69, 9.17) is 0 Å². The first kappa shape index (κ1) is 24.4. The zero-order chi connectivity index (χ0) is 20.0. The van der Waals surface area contributed by atoms with Crippen LogP contribution in [0.15, 0.2) is 15.7 Å². The van der Waals surface area contributed by atoms with Gasteiger partial charge in [0.05, 0.1) is 10.9 Å². The van der Waals surface area contributed by atoms with Gasteiger partial charge in [-0.05, 0) is 31.7 Å². The number of aromatic nitrogens is 3. The lowest BCUT2D eigenvalue weighted by Crippen LogP contribution is -2.52. The quantitative estimate of drug-likeness (QED) is 0.729. The molecule has 8 nitrogen and oxygen atoms in total. The molecule has 166 valence electrons. The Labute approximate surface area is 187 Å². The number of H-pyrrole nitrogens is 1. The van der Waals surface area contributed by atoms with Crippen molar-refractivity contribution in [2.75, 3.05) is 19.6 Å². The monoisotopic (exact) mass is 457 g/mol. The minimum atomic E-state index is -0.541. The van der Waals surface area contributed by atoms with Crippen LogP contribution in [0.4, 0.5) is 0 Å². The number of halogens is 2. The number of fused-ring (bicyclic) bond motifs is 1. The van der Waals surface area contributed by atoms with Crippen LogP contribution in [0.1, 0.15) is 55.6 Å². The summed E-state index contributed by atoms with van der Waals surface area (Å²) in [4.78, 5) is 47.5. The lowest BCUT2D eigenvalue weighted by molar-refractivity contribution is 0.0657. The van der Waals surface area contributed by atoms with Crippen molar-refractivity contribution in [3.8, 4) is 0 Å². The van der Waals surface area contributed by atoms with Crippen molar-refractivity contribution in [3.63, 3.8) is 0 Å². The van der Waals surface area contributed by atoms with Crippen molar-refractivity contribution in [1.29, 1.82) is 0 Å². The van der Waals surface area contributed by atoms with Gasteiger partial charge in [-0.15, -0.1) is 24.8 Å². The Kier molecular flexibility index (Phi) is 7.71. The van der Waals surface area contributed by atoms with Crippen LogP contribution in [0, 0.1) is 5.92 Å². The first-order chi connectivity index (χ1) is 13.4. The highest BCUT2D eigenvalue weighted by Crippen LogP contribution is 2.40. The van der Waals surface area contributed by atoms with Gasteiger partial charge in [-0.25, -0.2) is 9.78 Å². The molecule has 1 saturated carbocycles. The third-order valence-electron chi connectivity index (χ3n) is 5.50. The van der Waals surface area contributed by atoms with Crippen LogP contribution in [-0.4, -0.2) is 51.0 Å². The average Bonchev–Trinajstić information content (AvgIpc) is 3.49. The van der Waals surface area contributed by atoms with E-state index in [9.17, 15) is 14.4 Å². The second-order valence-electron chi connectivity index (χ2n) is 8.38. The molecule has 1 amide bonds. The summed E-state index contributed by atoms with van der Waals surface area (Å²) in [6, 6.07) is 1.81. The summed E-state index contributed by atoms with van der Waals surface area (Å²) in [6.07, 6.45) is 2.04. The molecule has 2 aromatic rings. The lowest BCUT2D eigenvalue weighted by Gasteiger charge is -2.34. The molecular formula is C20H29Cl2N5O3. The Morgan fingerprint density at radius 3 is 2.57 bits per heavy atom. The maximum atomic E-state index is 13.4. The fourth-order valence-electron chi connectivity index (χ4n) is 3.88. The fourth-order valence-corrected chi connectivity index (χ4v) is 3.88. The van der Waals surface area contributed by atoms with E-state index < -0.39 is 11.2 Å². The van der Waals surface area contributed by atoms with Crippen molar-refractivity contribution >= 4 is 41.8 Å². The number of hydrogen-bond donors (Lipinski definition) is 2. The van der Waals surface area contributed by atoms with E-state index in [-0.39, 0.29) is 48.1 Å². The number of carbonyl (C=O) groups is 1. The van der Waals surface area contributed by atoms with Crippen LogP contribution >= 0.6 is 24.8 Å². The summed E-state index contributed by atoms with van der Waals surface area (Å²) in [5, 5.41) is 3.50. The standard InChI is InChI=1S/C20H27N5O3.2ClH/c1-11(2)10-25-17-16(18(26)23-20(25)28)14(8-15(22-17)13-4-5-13)19(27)24-7-6-21-9-12(24)3;;/h8,11-13,21H,4-7,9-10H2,1-3H3,(H,23,26,28);2*1H. The summed E-state index contributed by atoms with van der Waals surface area (Å²) in [5.74, 6) is 0.340. The highest BCUT2D eigenvalue weighted by atomic mass is 35.5. The number of hydrogen-bond acceptors (Lipinski definition) is 5. The molecule has 1 atom stereocenters. The van der Waals surface area contributed by atoms with E-state index in [2.05, 4.69) is 15.3 Å². The number of rotatable bonds is 4. The van der Waals surface area contributed by atoms with Crippen molar-refractivity contribution in [2.24, 2.45) is 5.92 Å². The van der Waals surface area contributed by atoms with Crippen LogP contribution in [0.2, 0.25) is 0 Å². The van der Waals surface area contributed by atoms with Crippen molar-refractivity contribution < 1.29 is 4.79 Å². The predicted molar refractivity (Wildman–Crippen MR) is 121 cm³/mol.